The molecule has 10 heteroatoms. The third-order valence-electron chi connectivity index (χ3n) is 4.08. The number of halogens is 1. The SMILES string of the molecule is C[C@H](NC(=O)N1CCN(c2ccc(F)cc2)CC1)C(=O)Nc1nncs1. The largest absolute Gasteiger partial charge is 0.368 e. The van der Waals surface area contributed by atoms with Gasteiger partial charge in [0.15, 0.2) is 0 Å². The summed E-state index contributed by atoms with van der Waals surface area (Å²) in [5, 5.41) is 13.0. The van der Waals surface area contributed by atoms with Gasteiger partial charge in [0.05, 0.1) is 0 Å². The molecule has 1 aromatic carbocycles. The summed E-state index contributed by atoms with van der Waals surface area (Å²) in [7, 11) is 0. The number of hydrogen-bond acceptors (Lipinski definition) is 6. The second kappa shape index (κ2) is 8.09. The van der Waals surface area contributed by atoms with Crippen molar-refractivity contribution in [2.45, 2.75) is 13.0 Å². The Morgan fingerprint density at radius 2 is 1.88 bits per heavy atom. The van der Waals surface area contributed by atoms with Gasteiger partial charge in [0.25, 0.3) is 0 Å². The highest BCUT2D eigenvalue weighted by atomic mass is 32.1. The molecule has 1 aliphatic heterocycles. The Bertz CT molecular complexity index is 747. The minimum absolute atomic E-state index is 0.271. The molecule has 0 unspecified atom stereocenters. The molecular formula is C16H19FN6O2S. The maximum Gasteiger partial charge on any atom is 0.318 e. The third-order valence-corrected chi connectivity index (χ3v) is 4.69. The van der Waals surface area contributed by atoms with Gasteiger partial charge in [-0.05, 0) is 31.2 Å². The number of amides is 3. The standard InChI is InChI=1S/C16H19FN6O2S/c1-11(14(24)20-15-21-18-10-26-15)19-16(25)23-8-6-22(7-9-23)13-4-2-12(17)3-5-13/h2-5,10-11H,6-9H2,1H3,(H,19,25)(H,20,21,24)/t11-/m0/s1. The van der Waals surface area contributed by atoms with E-state index < -0.39 is 6.04 Å². The van der Waals surface area contributed by atoms with E-state index in [4.69, 9.17) is 0 Å². The fraction of sp³-hybridized carbons (Fsp3) is 0.375. The van der Waals surface area contributed by atoms with E-state index in [0.29, 0.717) is 31.3 Å². The quantitative estimate of drug-likeness (QED) is 0.842. The molecule has 1 saturated heterocycles. The van der Waals surface area contributed by atoms with Crippen LogP contribution in [0.25, 0.3) is 0 Å². The first-order valence-corrected chi connectivity index (χ1v) is 9.04. The average molecular weight is 378 g/mol. The number of carbonyl (C=O) groups is 2. The van der Waals surface area contributed by atoms with Crippen LogP contribution in [0.3, 0.4) is 0 Å². The van der Waals surface area contributed by atoms with E-state index in [1.54, 1.807) is 24.0 Å². The van der Waals surface area contributed by atoms with Crippen molar-refractivity contribution < 1.29 is 14.0 Å². The molecule has 26 heavy (non-hydrogen) atoms. The van der Waals surface area contributed by atoms with Gasteiger partial charge in [-0.15, -0.1) is 10.2 Å². The van der Waals surface area contributed by atoms with Crippen molar-refractivity contribution in [2.24, 2.45) is 0 Å². The van der Waals surface area contributed by atoms with Crippen molar-refractivity contribution in [3.63, 3.8) is 0 Å². The second-order valence-electron chi connectivity index (χ2n) is 5.85. The highest BCUT2D eigenvalue weighted by molar-refractivity contribution is 7.13. The molecule has 0 saturated carbocycles. The summed E-state index contributed by atoms with van der Waals surface area (Å²) in [6.45, 7) is 3.94. The first-order chi connectivity index (χ1) is 12.5. The summed E-state index contributed by atoms with van der Waals surface area (Å²) >= 11 is 1.21. The van der Waals surface area contributed by atoms with Crippen molar-refractivity contribution in [3.8, 4) is 0 Å². The monoisotopic (exact) mass is 378 g/mol. The van der Waals surface area contributed by atoms with E-state index >= 15 is 0 Å². The molecule has 2 N–H and O–H groups in total. The summed E-state index contributed by atoms with van der Waals surface area (Å²) in [4.78, 5) is 28.1. The summed E-state index contributed by atoms with van der Waals surface area (Å²) in [5.41, 5.74) is 2.44. The van der Waals surface area contributed by atoms with Crippen molar-refractivity contribution in [1.82, 2.24) is 20.4 Å². The van der Waals surface area contributed by atoms with Gasteiger partial charge in [-0.1, -0.05) is 11.3 Å². The predicted octanol–water partition coefficient (Wildman–Crippen LogP) is 1.54. The lowest BCUT2D eigenvalue weighted by Crippen LogP contribution is -2.54. The molecule has 138 valence electrons. The summed E-state index contributed by atoms with van der Waals surface area (Å²) in [6.07, 6.45) is 0. The van der Waals surface area contributed by atoms with Crippen LogP contribution in [0, 0.1) is 5.82 Å². The fourth-order valence-corrected chi connectivity index (χ4v) is 3.05. The van der Waals surface area contributed by atoms with Gasteiger partial charge in [-0.3, -0.25) is 10.1 Å². The van der Waals surface area contributed by atoms with Crippen molar-refractivity contribution in [3.05, 3.63) is 35.6 Å². The molecule has 3 amide bonds. The summed E-state index contributed by atoms with van der Waals surface area (Å²) < 4.78 is 13.0. The van der Waals surface area contributed by atoms with Gasteiger partial charge in [0, 0.05) is 31.9 Å². The molecule has 1 fully saturated rings. The zero-order valence-corrected chi connectivity index (χ0v) is 15.0. The molecule has 1 aliphatic rings. The number of anilines is 2. The minimum atomic E-state index is -0.693. The number of nitrogens with one attached hydrogen (secondary N) is 2. The number of piperazine rings is 1. The number of hydrogen-bond donors (Lipinski definition) is 2. The molecule has 0 bridgehead atoms. The topological polar surface area (TPSA) is 90.5 Å². The molecule has 2 aromatic rings. The lowest BCUT2D eigenvalue weighted by molar-refractivity contribution is -0.117. The highest BCUT2D eigenvalue weighted by Crippen LogP contribution is 2.17. The number of benzene rings is 1. The van der Waals surface area contributed by atoms with Crippen molar-refractivity contribution >= 4 is 34.1 Å². The summed E-state index contributed by atoms with van der Waals surface area (Å²) in [6, 6.07) is 5.32. The molecule has 0 spiro atoms. The zero-order valence-electron chi connectivity index (χ0n) is 14.2. The van der Waals surface area contributed by atoms with Gasteiger partial charge in [0.2, 0.25) is 11.0 Å². The number of rotatable bonds is 4. The van der Waals surface area contributed by atoms with Crippen LogP contribution in [0.4, 0.5) is 20.0 Å². The first kappa shape index (κ1) is 18.1. The number of urea groups is 1. The molecule has 0 aliphatic carbocycles. The smallest absolute Gasteiger partial charge is 0.318 e. The maximum absolute atomic E-state index is 13.0. The van der Waals surface area contributed by atoms with Crippen LogP contribution in [-0.4, -0.2) is 59.3 Å². The summed E-state index contributed by atoms with van der Waals surface area (Å²) in [5.74, 6) is -0.618. The van der Waals surface area contributed by atoms with Gasteiger partial charge >= 0.3 is 6.03 Å². The van der Waals surface area contributed by atoms with Crippen LogP contribution in [-0.2, 0) is 4.79 Å². The normalized spacial score (nSPS) is 15.5. The second-order valence-corrected chi connectivity index (χ2v) is 6.69. The molecule has 3 rings (SSSR count). The lowest BCUT2D eigenvalue weighted by Gasteiger charge is -2.36. The van der Waals surface area contributed by atoms with E-state index in [9.17, 15) is 14.0 Å². The molecule has 1 aromatic heterocycles. The van der Waals surface area contributed by atoms with E-state index in [1.165, 1.54) is 29.0 Å². The van der Waals surface area contributed by atoms with E-state index in [0.717, 1.165) is 5.69 Å². The van der Waals surface area contributed by atoms with Crippen LogP contribution >= 0.6 is 11.3 Å². The van der Waals surface area contributed by atoms with E-state index in [2.05, 4.69) is 25.7 Å². The lowest BCUT2D eigenvalue weighted by atomic mass is 10.2. The molecule has 0 radical (unpaired) electrons. The van der Waals surface area contributed by atoms with Gasteiger partial charge in [0.1, 0.15) is 17.4 Å². The highest BCUT2D eigenvalue weighted by Gasteiger charge is 2.24. The van der Waals surface area contributed by atoms with Gasteiger partial charge in [-0.2, -0.15) is 0 Å². The maximum atomic E-state index is 13.0. The Morgan fingerprint density at radius 1 is 1.19 bits per heavy atom. The average Bonchev–Trinajstić information content (AvgIpc) is 3.15. The Morgan fingerprint density at radius 3 is 2.50 bits per heavy atom. The van der Waals surface area contributed by atoms with Gasteiger partial charge in [-0.25, -0.2) is 9.18 Å². The van der Waals surface area contributed by atoms with Crippen molar-refractivity contribution in [2.75, 3.05) is 36.4 Å². The molecule has 1 atom stereocenters. The predicted molar refractivity (Wildman–Crippen MR) is 96.7 cm³/mol. The molecule has 8 nitrogen and oxygen atoms in total. The van der Waals surface area contributed by atoms with E-state index in [-0.39, 0.29) is 17.8 Å². The van der Waals surface area contributed by atoms with Crippen LogP contribution in [0.5, 0.6) is 0 Å². The van der Waals surface area contributed by atoms with Gasteiger partial charge < -0.3 is 15.1 Å². The Hall–Kier alpha value is -2.75. The van der Waals surface area contributed by atoms with Crippen LogP contribution in [0.1, 0.15) is 6.92 Å². The molecule has 2 heterocycles. The van der Waals surface area contributed by atoms with Crippen LogP contribution in [0.15, 0.2) is 29.8 Å². The fourth-order valence-electron chi connectivity index (χ4n) is 2.60. The van der Waals surface area contributed by atoms with Crippen molar-refractivity contribution in [1.29, 1.82) is 0 Å². The van der Waals surface area contributed by atoms with Crippen LogP contribution in [0.2, 0.25) is 0 Å². The Kier molecular flexibility index (Phi) is 5.61. The Labute approximate surface area is 154 Å². The zero-order chi connectivity index (χ0) is 18.5. The third kappa shape index (κ3) is 4.45. The van der Waals surface area contributed by atoms with Crippen LogP contribution < -0.4 is 15.5 Å². The Balaban J connectivity index is 1.47. The first-order valence-electron chi connectivity index (χ1n) is 8.16. The molecular weight excluding hydrogens is 359 g/mol. The number of carbonyl (C=O) groups excluding carboxylic acids is 2. The van der Waals surface area contributed by atoms with E-state index in [1.807, 2.05) is 0 Å². The number of aromatic nitrogens is 2. The number of nitrogens with zero attached hydrogens (tertiary/aromatic N) is 4. The minimum Gasteiger partial charge on any atom is -0.368 e.